The van der Waals surface area contributed by atoms with Crippen molar-refractivity contribution >= 4 is 25.0 Å². The van der Waals surface area contributed by atoms with Crippen molar-refractivity contribution in [3.8, 4) is 0 Å². The second-order valence-corrected chi connectivity index (χ2v) is 6.39. The Morgan fingerprint density at radius 1 is 1.44 bits per heavy atom. The van der Waals surface area contributed by atoms with Gasteiger partial charge in [-0.1, -0.05) is 24.6 Å². The number of Topliss-reactive ketones (excluding diaryl/α,β-unsaturated/α-hetero) is 1. The van der Waals surface area contributed by atoms with Gasteiger partial charge >= 0.3 is 7.60 Å². The van der Waals surface area contributed by atoms with Crippen LogP contribution in [-0.2, 0) is 18.4 Å². The summed E-state index contributed by atoms with van der Waals surface area (Å²) in [5.41, 5.74) is 0. The minimum atomic E-state index is -3.24. The van der Waals surface area contributed by atoms with Crippen molar-refractivity contribution in [2.24, 2.45) is 5.92 Å². The summed E-state index contributed by atoms with van der Waals surface area (Å²) in [7, 11) is -0.704. The molecule has 0 aromatic rings. The van der Waals surface area contributed by atoms with Crippen LogP contribution in [0.3, 0.4) is 0 Å². The molecule has 94 valence electrons. The van der Waals surface area contributed by atoms with E-state index in [-0.39, 0.29) is 17.9 Å². The summed E-state index contributed by atoms with van der Waals surface area (Å²) < 4.78 is 21.1. The summed E-state index contributed by atoms with van der Waals surface area (Å²) in [4.78, 5) is 11.7. The van der Waals surface area contributed by atoms with E-state index in [9.17, 15) is 9.36 Å². The highest BCUT2D eigenvalue weighted by Crippen LogP contribution is 2.46. The molecular weight excluding hydrogens is 251 g/mol. The summed E-state index contributed by atoms with van der Waals surface area (Å²) in [6.07, 6.45) is 2.09. The zero-order chi connectivity index (χ0) is 12.8. The summed E-state index contributed by atoms with van der Waals surface area (Å²) in [5, 5.41) is 0.640. The molecule has 6 heteroatoms. The van der Waals surface area contributed by atoms with Gasteiger partial charge < -0.3 is 9.05 Å². The molecule has 1 atom stereocenters. The molecule has 0 saturated carbocycles. The van der Waals surface area contributed by atoms with Crippen LogP contribution in [0.2, 0.25) is 0 Å². The largest absolute Gasteiger partial charge is 0.337 e. The summed E-state index contributed by atoms with van der Waals surface area (Å²) >= 11 is 5.66. The van der Waals surface area contributed by atoms with E-state index in [4.69, 9.17) is 20.6 Å². The topological polar surface area (TPSA) is 52.6 Å². The molecule has 0 rings (SSSR count). The van der Waals surface area contributed by atoms with Gasteiger partial charge in [-0.25, -0.2) is 0 Å². The van der Waals surface area contributed by atoms with Gasteiger partial charge in [-0.3, -0.25) is 9.36 Å². The van der Waals surface area contributed by atoms with Crippen LogP contribution in [0.4, 0.5) is 0 Å². The minimum absolute atomic E-state index is 0.152. The lowest BCUT2D eigenvalue weighted by Gasteiger charge is -2.14. The molecule has 0 heterocycles. The number of rotatable bonds is 7. The predicted molar refractivity (Wildman–Crippen MR) is 64.9 cm³/mol. The van der Waals surface area contributed by atoms with Gasteiger partial charge in [0, 0.05) is 25.2 Å². The zero-order valence-electron chi connectivity index (χ0n) is 10.0. The van der Waals surface area contributed by atoms with Crippen LogP contribution in [0, 0.1) is 5.92 Å². The normalized spacial score (nSPS) is 14.9. The van der Waals surface area contributed by atoms with E-state index in [1.807, 2.05) is 0 Å². The average molecular weight is 269 g/mol. The molecule has 0 radical (unpaired) electrons. The van der Waals surface area contributed by atoms with Crippen molar-refractivity contribution in [1.82, 2.24) is 0 Å². The van der Waals surface area contributed by atoms with Gasteiger partial charge in [-0.05, 0) is 13.3 Å². The third kappa shape index (κ3) is 5.80. The lowest BCUT2D eigenvalue weighted by atomic mass is 10.0. The molecular formula is C10H18ClO4P. The average Bonchev–Trinajstić information content (AvgIpc) is 2.25. The third-order valence-corrected chi connectivity index (χ3v) is 4.17. The number of allylic oxidation sites excluding steroid dienone is 2. The second kappa shape index (κ2) is 7.23. The number of ketones is 1. The fourth-order valence-electron chi connectivity index (χ4n) is 1.02. The van der Waals surface area contributed by atoms with E-state index in [1.165, 1.54) is 14.2 Å². The standard InChI is InChI=1S/C10H18ClO4P/c1-8(5-6-9(2)11)10(12)7-16(13,14-3)15-4/h6,8H,5,7H2,1-4H3/b9-6+. The highest BCUT2D eigenvalue weighted by Gasteiger charge is 2.27. The van der Waals surface area contributed by atoms with Crippen molar-refractivity contribution in [1.29, 1.82) is 0 Å². The number of carbonyl (C=O) groups excluding carboxylic acids is 1. The van der Waals surface area contributed by atoms with Crippen LogP contribution in [-0.4, -0.2) is 26.2 Å². The van der Waals surface area contributed by atoms with Gasteiger partial charge in [0.05, 0.1) is 0 Å². The zero-order valence-corrected chi connectivity index (χ0v) is 11.7. The molecule has 0 fully saturated rings. The smallest absolute Gasteiger partial charge is 0.312 e. The molecule has 0 aliphatic rings. The number of carbonyl (C=O) groups is 1. The van der Waals surface area contributed by atoms with E-state index in [0.717, 1.165) is 0 Å². The number of hydrogen-bond donors (Lipinski definition) is 0. The van der Waals surface area contributed by atoms with Crippen LogP contribution in [0.25, 0.3) is 0 Å². The molecule has 16 heavy (non-hydrogen) atoms. The van der Waals surface area contributed by atoms with Crippen molar-refractivity contribution < 1.29 is 18.4 Å². The quantitative estimate of drug-likeness (QED) is 0.665. The molecule has 0 aromatic carbocycles. The van der Waals surface area contributed by atoms with E-state index in [1.54, 1.807) is 19.9 Å². The fraction of sp³-hybridized carbons (Fsp3) is 0.700. The lowest BCUT2D eigenvalue weighted by Crippen LogP contribution is -2.16. The Hall–Kier alpha value is -0.150. The van der Waals surface area contributed by atoms with Crippen molar-refractivity contribution in [3.63, 3.8) is 0 Å². The summed E-state index contributed by atoms with van der Waals surface area (Å²) in [6, 6.07) is 0. The van der Waals surface area contributed by atoms with E-state index in [2.05, 4.69) is 0 Å². The van der Waals surface area contributed by atoms with Gasteiger partial charge in [-0.15, -0.1) is 0 Å². The first-order valence-corrected chi connectivity index (χ1v) is 7.00. The highest BCUT2D eigenvalue weighted by atomic mass is 35.5. The maximum absolute atomic E-state index is 11.7. The molecule has 1 unspecified atom stereocenters. The molecule has 0 aliphatic carbocycles. The molecule has 0 spiro atoms. The number of hydrogen-bond acceptors (Lipinski definition) is 4. The Labute approximate surface area is 101 Å². The van der Waals surface area contributed by atoms with E-state index < -0.39 is 7.60 Å². The molecule has 0 aliphatic heterocycles. The first-order chi connectivity index (χ1) is 7.34. The Bertz CT molecular complexity index is 302. The molecule has 0 saturated heterocycles. The van der Waals surface area contributed by atoms with Crippen molar-refractivity contribution in [2.75, 3.05) is 20.4 Å². The van der Waals surface area contributed by atoms with Crippen LogP contribution in [0.1, 0.15) is 20.3 Å². The maximum atomic E-state index is 11.7. The Balaban J connectivity index is 4.36. The lowest BCUT2D eigenvalue weighted by molar-refractivity contribution is -0.120. The Kier molecular flexibility index (Phi) is 7.16. The Morgan fingerprint density at radius 3 is 2.31 bits per heavy atom. The van der Waals surface area contributed by atoms with Crippen molar-refractivity contribution in [3.05, 3.63) is 11.1 Å². The van der Waals surface area contributed by atoms with E-state index >= 15 is 0 Å². The fourth-order valence-corrected chi connectivity index (χ4v) is 2.21. The van der Waals surface area contributed by atoms with Gasteiger partial charge in [-0.2, -0.15) is 0 Å². The summed E-state index contributed by atoms with van der Waals surface area (Å²) in [6.45, 7) is 3.50. The van der Waals surface area contributed by atoms with Crippen LogP contribution < -0.4 is 0 Å². The third-order valence-electron chi connectivity index (χ3n) is 2.21. The first kappa shape index (κ1) is 15.9. The molecule has 0 amide bonds. The molecule has 0 N–H and O–H groups in total. The molecule has 4 nitrogen and oxygen atoms in total. The monoisotopic (exact) mass is 268 g/mol. The molecule has 0 aromatic heterocycles. The van der Waals surface area contributed by atoms with Crippen LogP contribution >= 0.6 is 19.2 Å². The van der Waals surface area contributed by atoms with E-state index in [0.29, 0.717) is 11.5 Å². The van der Waals surface area contributed by atoms with Gasteiger partial charge in [0.2, 0.25) is 0 Å². The SMILES string of the molecule is COP(=O)(CC(=O)C(C)C/C=C(\C)Cl)OC. The van der Waals surface area contributed by atoms with Gasteiger partial charge in [0.1, 0.15) is 11.9 Å². The van der Waals surface area contributed by atoms with Crippen LogP contribution in [0.5, 0.6) is 0 Å². The predicted octanol–water partition coefficient (Wildman–Crippen LogP) is 3.21. The van der Waals surface area contributed by atoms with Crippen molar-refractivity contribution in [2.45, 2.75) is 20.3 Å². The summed E-state index contributed by atoms with van der Waals surface area (Å²) in [5.74, 6) is -0.395. The van der Waals surface area contributed by atoms with Crippen LogP contribution in [0.15, 0.2) is 11.1 Å². The maximum Gasteiger partial charge on any atom is 0.337 e. The number of halogens is 1. The Morgan fingerprint density at radius 2 is 1.94 bits per heavy atom. The molecule has 0 bridgehead atoms. The highest BCUT2D eigenvalue weighted by molar-refractivity contribution is 7.54. The van der Waals surface area contributed by atoms with Gasteiger partial charge in [0.15, 0.2) is 0 Å². The first-order valence-electron chi connectivity index (χ1n) is 4.90. The van der Waals surface area contributed by atoms with Gasteiger partial charge in [0.25, 0.3) is 0 Å². The minimum Gasteiger partial charge on any atom is -0.312 e. The second-order valence-electron chi connectivity index (χ2n) is 3.53.